The van der Waals surface area contributed by atoms with Crippen LogP contribution in [0.1, 0.15) is 70.9 Å². The SMILES string of the molecule is CCN(C)c1ccccn1.CCNCC1CCCCC1.CCNCCc1ccc(Oc2ccccc2)cc1.CCNCc1ccccc1. The van der Waals surface area contributed by atoms with Gasteiger partial charge in [0, 0.05) is 26.3 Å². The zero-order chi connectivity index (χ0) is 34.5. The second-order valence-electron chi connectivity index (χ2n) is 11.9. The molecule has 1 fully saturated rings. The lowest BCUT2D eigenvalue weighted by Crippen LogP contribution is -2.23. The lowest BCUT2D eigenvalue weighted by atomic mass is 9.89. The van der Waals surface area contributed by atoms with Crippen molar-refractivity contribution < 1.29 is 4.74 Å². The molecule has 4 aromatic rings. The number of aromatic nitrogens is 1. The Hall–Kier alpha value is -3.71. The van der Waals surface area contributed by atoms with Crippen LogP contribution < -0.4 is 25.6 Å². The zero-order valence-electron chi connectivity index (χ0n) is 30.5. The van der Waals surface area contributed by atoms with E-state index in [0.717, 1.165) is 68.9 Å². The number of para-hydroxylation sites is 1. The number of likely N-dealkylation sites (N-methyl/N-ethyl adjacent to an activating group) is 1. The van der Waals surface area contributed by atoms with Crippen molar-refractivity contribution in [2.24, 2.45) is 5.92 Å². The summed E-state index contributed by atoms with van der Waals surface area (Å²) >= 11 is 0. The molecule has 0 unspecified atom stereocenters. The van der Waals surface area contributed by atoms with Gasteiger partial charge in [0.25, 0.3) is 0 Å². The van der Waals surface area contributed by atoms with Crippen molar-refractivity contribution in [1.29, 1.82) is 0 Å². The Bertz CT molecular complexity index is 1250. The first-order chi connectivity index (χ1) is 23.6. The molecule has 0 amide bonds. The summed E-state index contributed by atoms with van der Waals surface area (Å²) in [6, 6.07) is 34.5. The van der Waals surface area contributed by atoms with Gasteiger partial charge in [0.05, 0.1) is 0 Å². The average molecular weight is 654 g/mol. The van der Waals surface area contributed by atoms with Gasteiger partial charge in [0.15, 0.2) is 0 Å². The first-order valence-electron chi connectivity index (χ1n) is 18.2. The Balaban J connectivity index is 0.000000232. The Morgan fingerprint density at radius 1 is 0.646 bits per heavy atom. The molecule has 3 aromatic carbocycles. The molecule has 0 bridgehead atoms. The molecule has 1 aliphatic rings. The Kier molecular flexibility index (Phi) is 23.0. The first-order valence-corrected chi connectivity index (χ1v) is 18.2. The molecule has 0 aliphatic heterocycles. The van der Waals surface area contributed by atoms with Crippen molar-refractivity contribution in [2.75, 3.05) is 51.2 Å². The molecule has 6 nitrogen and oxygen atoms in total. The van der Waals surface area contributed by atoms with Gasteiger partial charge in [0.1, 0.15) is 17.3 Å². The van der Waals surface area contributed by atoms with Crippen LogP contribution in [0.3, 0.4) is 0 Å². The smallest absolute Gasteiger partial charge is 0.128 e. The summed E-state index contributed by atoms with van der Waals surface area (Å²) in [7, 11) is 2.03. The molecular weight excluding hydrogens is 590 g/mol. The van der Waals surface area contributed by atoms with E-state index in [1.807, 2.05) is 80.0 Å². The maximum atomic E-state index is 5.74. The van der Waals surface area contributed by atoms with Crippen LogP contribution in [0.25, 0.3) is 0 Å². The molecule has 1 heterocycles. The lowest BCUT2D eigenvalue weighted by Gasteiger charge is -2.21. The van der Waals surface area contributed by atoms with Crippen molar-refractivity contribution >= 4 is 5.82 Å². The predicted molar refractivity (Wildman–Crippen MR) is 207 cm³/mol. The highest BCUT2D eigenvalue weighted by atomic mass is 16.5. The molecular formula is C42H63N5O. The highest BCUT2D eigenvalue weighted by Gasteiger charge is 2.11. The fourth-order valence-corrected chi connectivity index (χ4v) is 5.10. The average Bonchev–Trinajstić information content (AvgIpc) is 3.16. The molecule has 5 rings (SSSR count). The number of nitrogens with zero attached hydrogens (tertiary/aromatic N) is 2. The number of nitrogens with one attached hydrogen (secondary N) is 3. The Morgan fingerprint density at radius 2 is 1.25 bits per heavy atom. The number of ether oxygens (including phenoxy) is 1. The summed E-state index contributed by atoms with van der Waals surface area (Å²) in [4.78, 5) is 6.27. The van der Waals surface area contributed by atoms with Crippen molar-refractivity contribution in [3.05, 3.63) is 120 Å². The zero-order valence-corrected chi connectivity index (χ0v) is 30.5. The van der Waals surface area contributed by atoms with Crippen LogP contribution in [0.15, 0.2) is 109 Å². The van der Waals surface area contributed by atoms with E-state index in [2.05, 4.69) is 89.9 Å². The summed E-state index contributed by atoms with van der Waals surface area (Å²) in [5.41, 5.74) is 2.68. The van der Waals surface area contributed by atoms with E-state index in [0.29, 0.717) is 0 Å². The molecule has 1 saturated carbocycles. The molecule has 0 spiro atoms. The topological polar surface area (TPSA) is 61.5 Å². The fraction of sp³-hybridized carbons (Fsp3) is 0.452. The number of benzene rings is 3. The number of pyridine rings is 1. The van der Waals surface area contributed by atoms with E-state index in [1.165, 1.54) is 49.8 Å². The second-order valence-corrected chi connectivity index (χ2v) is 11.9. The highest BCUT2D eigenvalue weighted by molar-refractivity contribution is 5.36. The Morgan fingerprint density at radius 3 is 1.83 bits per heavy atom. The van der Waals surface area contributed by atoms with Crippen molar-refractivity contribution in [2.45, 2.75) is 72.8 Å². The molecule has 48 heavy (non-hydrogen) atoms. The number of hydrogen-bond acceptors (Lipinski definition) is 6. The summed E-state index contributed by atoms with van der Waals surface area (Å²) in [5.74, 6) is 3.78. The quantitative estimate of drug-likeness (QED) is 0.118. The minimum absolute atomic E-state index is 0.873. The van der Waals surface area contributed by atoms with E-state index < -0.39 is 0 Å². The van der Waals surface area contributed by atoms with E-state index in [-0.39, 0.29) is 0 Å². The van der Waals surface area contributed by atoms with Crippen LogP contribution in [0.2, 0.25) is 0 Å². The van der Waals surface area contributed by atoms with Crippen molar-refractivity contribution in [1.82, 2.24) is 20.9 Å². The van der Waals surface area contributed by atoms with Gasteiger partial charge in [-0.05, 0) is 112 Å². The van der Waals surface area contributed by atoms with E-state index in [9.17, 15) is 0 Å². The highest BCUT2D eigenvalue weighted by Crippen LogP contribution is 2.23. The molecule has 0 saturated heterocycles. The largest absolute Gasteiger partial charge is 0.457 e. The lowest BCUT2D eigenvalue weighted by molar-refractivity contribution is 0.345. The van der Waals surface area contributed by atoms with E-state index in [1.54, 1.807) is 0 Å². The van der Waals surface area contributed by atoms with E-state index >= 15 is 0 Å². The molecule has 1 aromatic heterocycles. The minimum Gasteiger partial charge on any atom is -0.457 e. The summed E-state index contributed by atoms with van der Waals surface area (Å²) in [6.45, 7) is 16.0. The molecule has 0 atom stereocenters. The third-order valence-electron chi connectivity index (χ3n) is 8.09. The van der Waals surface area contributed by atoms with Gasteiger partial charge < -0.3 is 25.6 Å². The van der Waals surface area contributed by atoms with Crippen LogP contribution in [-0.2, 0) is 13.0 Å². The van der Waals surface area contributed by atoms with E-state index in [4.69, 9.17) is 4.74 Å². The van der Waals surface area contributed by atoms with Gasteiger partial charge in [0.2, 0.25) is 0 Å². The number of hydrogen-bond donors (Lipinski definition) is 3. The third-order valence-corrected chi connectivity index (χ3v) is 8.09. The molecule has 262 valence electrons. The predicted octanol–water partition coefficient (Wildman–Crippen LogP) is 9.14. The third kappa shape index (κ3) is 19.2. The van der Waals surface area contributed by atoms with Gasteiger partial charge in [-0.1, -0.05) is 107 Å². The van der Waals surface area contributed by atoms with Crippen LogP contribution in [0, 0.1) is 5.92 Å². The van der Waals surface area contributed by atoms with Crippen molar-refractivity contribution in [3.8, 4) is 11.5 Å². The molecule has 1 aliphatic carbocycles. The standard InChI is InChI=1S/C16H19NO.C9H19N.C9H13N.C8H12N2/c1-2-17-13-12-14-8-10-16(11-9-14)18-15-6-4-3-5-7-15;2*1-2-10-8-9-6-4-3-5-7-9;1-3-10(2)8-6-4-5-7-9-8/h3-11,17H,2,12-13H2,1H3;9-10H,2-8H2,1H3;3-7,10H,2,8H2,1H3;4-7H,3H2,1-2H3. The van der Waals surface area contributed by atoms with Gasteiger partial charge in [-0.15, -0.1) is 0 Å². The monoisotopic (exact) mass is 654 g/mol. The van der Waals surface area contributed by atoms with Crippen LogP contribution in [0.4, 0.5) is 5.82 Å². The maximum absolute atomic E-state index is 5.74. The van der Waals surface area contributed by atoms with Crippen LogP contribution >= 0.6 is 0 Å². The second kappa shape index (κ2) is 27.3. The van der Waals surface area contributed by atoms with Crippen LogP contribution in [0.5, 0.6) is 11.5 Å². The number of anilines is 1. The maximum Gasteiger partial charge on any atom is 0.128 e. The fourth-order valence-electron chi connectivity index (χ4n) is 5.10. The van der Waals surface area contributed by atoms with Gasteiger partial charge in [-0.25, -0.2) is 4.98 Å². The van der Waals surface area contributed by atoms with Crippen LogP contribution in [-0.4, -0.2) is 51.3 Å². The molecule has 0 radical (unpaired) electrons. The van der Waals surface area contributed by atoms with Gasteiger partial charge in [-0.3, -0.25) is 0 Å². The van der Waals surface area contributed by atoms with Crippen molar-refractivity contribution in [3.63, 3.8) is 0 Å². The minimum atomic E-state index is 0.873. The number of rotatable bonds is 14. The van der Waals surface area contributed by atoms with Gasteiger partial charge in [-0.2, -0.15) is 0 Å². The van der Waals surface area contributed by atoms with Gasteiger partial charge >= 0.3 is 0 Å². The summed E-state index contributed by atoms with van der Waals surface area (Å²) in [6.07, 6.45) is 10.2. The molecule has 6 heteroatoms. The summed E-state index contributed by atoms with van der Waals surface area (Å²) in [5, 5.41) is 10.0. The normalized spacial score (nSPS) is 12.3. The first kappa shape index (κ1) is 40.5. The summed E-state index contributed by atoms with van der Waals surface area (Å²) < 4.78 is 5.74. The Labute approximate surface area is 292 Å². The molecule has 3 N–H and O–H groups in total.